The van der Waals surface area contributed by atoms with Crippen molar-refractivity contribution >= 4 is 23.1 Å². The molecule has 0 radical (unpaired) electrons. The van der Waals surface area contributed by atoms with Gasteiger partial charge >= 0.3 is 5.97 Å². The molecule has 0 spiro atoms. The van der Waals surface area contributed by atoms with Crippen LogP contribution in [-0.4, -0.2) is 16.7 Å². The molecular formula is C20H17NO3S. The van der Waals surface area contributed by atoms with E-state index in [1.54, 1.807) is 30.5 Å². The monoisotopic (exact) mass is 351 g/mol. The number of Topliss-reactive ketones (excluding diaryl/α,β-unsaturated/α-hetero) is 1. The van der Waals surface area contributed by atoms with Crippen molar-refractivity contribution < 1.29 is 14.3 Å². The van der Waals surface area contributed by atoms with Crippen LogP contribution in [0, 0.1) is 0 Å². The topological polar surface area (TPSA) is 56.3 Å². The molecule has 3 aromatic rings. The largest absolute Gasteiger partial charge is 0.460 e. The molecule has 0 unspecified atom stereocenters. The highest BCUT2D eigenvalue weighted by atomic mass is 32.1. The van der Waals surface area contributed by atoms with Gasteiger partial charge in [-0.3, -0.25) is 9.59 Å². The molecule has 0 N–H and O–H groups in total. The van der Waals surface area contributed by atoms with Gasteiger partial charge in [0.15, 0.2) is 5.78 Å². The number of esters is 1. The Hall–Kier alpha value is -2.79. The molecule has 0 aliphatic carbocycles. The molecule has 4 nitrogen and oxygen atoms in total. The Labute approximate surface area is 150 Å². The third-order valence-corrected chi connectivity index (χ3v) is 4.62. The Morgan fingerprint density at radius 3 is 2.32 bits per heavy atom. The third-order valence-electron chi connectivity index (χ3n) is 3.60. The zero-order valence-corrected chi connectivity index (χ0v) is 14.4. The normalized spacial score (nSPS) is 10.4. The molecule has 0 atom stereocenters. The minimum Gasteiger partial charge on any atom is -0.460 e. The van der Waals surface area contributed by atoms with Gasteiger partial charge < -0.3 is 4.74 Å². The van der Waals surface area contributed by atoms with Crippen molar-refractivity contribution in [2.24, 2.45) is 0 Å². The van der Waals surface area contributed by atoms with Gasteiger partial charge in [0.1, 0.15) is 11.6 Å². The first kappa shape index (κ1) is 17.0. The number of ether oxygens (including phenoxy) is 1. The van der Waals surface area contributed by atoms with Crippen LogP contribution in [0.5, 0.6) is 0 Å². The Balaban J connectivity index is 1.47. The Bertz CT molecular complexity index is 844. The molecule has 0 saturated heterocycles. The summed E-state index contributed by atoms with van der Waals surface area (Å²) in [4.78, 5) is 29.0. The van der Waals surface area contributed by atoms with Crippen LogP contribution in [0.4, 0.5) is 0 Å². The number of thiazole rings is 1. The maximum Gasteiger partial charge on any atom is 0.306 e. The fourth-order valence-electron chi connectivity index (χ4n) is 2.30. The van der Waals surface area contributed by atoms with E-state index in [1.807, 2.05) is 36.4 Å². The molecule has 25 heavy (non-hydrogen) atoms. The lowest BCUT2D eigenvalue weighted by atomic mass is 10.1. The maximum atomic E-state index is 12.0. The molecule has 0 fully saturated rings. The highest BCUT2D eigenvalue weighted by molar-refractivity contribution is 7.15. The number of aromatic nitrogens is 1. The first-order valence-corrected chi connectivity index (χ1v) is 8.78. The van der Waals surface area contributed by atoms with Crippen LogP contribution in [0.2, 0.25) is 0 Å². The second-order valence-electron chi connectivity index (χ2n) is 5.45. The van der Waals surface area contributed by atoms with E-state index in [1.165, 1.54) is 11.3 Å². The predicted octanol–water partition coefficient (Wildman–Crippen LogP) is 4.52. The SMILES string of the molecule is O=C(CCC(=O)c1ccccc1)OCc1cnc(-c2ccccc2)s1. The molecular weight excluding hydrogens is 334 g/mol. The summed E-state index contributed by atoms with van der Waals surface area (Å²) in [5, 5.41) is 0.894. The summed E-state index contributed by atoms with van der Waals surface area (Å²) in [7, 11) is 0. The first-order chi connectivity index (χ1) is 12.2. The van der Waals surface area contributed by atoms with Crippen molar-refractivity contribution in [1.82, 2.24) is 4.98 Å². The van der Waals surface area contributed by atoms with Crippen LogP contribution in [-0.2, 0) is 16.1 Å². The van der Waals surface area contributed by atoms with Crippen molar-refractivity contribution in [3.8, 4) is 10.6 Å². The zero-order valence-electron chi connectivity index (χ0n) is 13.6. The van der Waals surface area contributed by atoms with Gasteiger partial charge in [0.05, 0.1) is 11.3 Å². The van der Waals surface area contributed by atoms with E-state index in [4.69, 9.17) is 4.74 Å². The van der Waals surface area contributed by atoms with Crippen molar-refractivity contribution in [3.05, 3.63) is 77.3 Å². The lowest BCUT2D eigenvalue weighted by Crippen LogP contribution is -2.07. The quantitative estimate of drug-likeness (QED) is 0.464. The number of ketones is 1. The Morgan fingerprint density at radius 1 is 0.920 bits per heavy atom. The number of hydrogen-bond donors (Lipinski definition) is 0. The lowest BCUT2D eigenvalue weighted by Gasteiger charge is -2.03. The highest BCUT2D eigenvalue weighted by Crippen LogP contribution is 2.25. The van der Waals surface area contributed by atoms with Crippen LogP contribution < -0.4 is 0 Å². The standard InChI is InChI=1S/C20H17NO3S/c22-18(15-7-3-1-4-8-15)11-12-19(23)24-14-17-13-21-20(25-17)16-9-5-2-6-10-16/h1-10,13H,11-12,14H2. The smallest absolute Gasteiger partial charge is 0.306 e. The predicted molar refractivity (Wildman–Crippen MR) is 97.4 cm³/mol. The van der Waals surface area contributed by atoms with Gasteiger partial charge in [-0.05, 0) is 0 Å². The highest BCUT2D eigenvalue weighted by Gasteiger charge is 2.11. The number of nitrogens with zero attached hydrogens (tertiary/aromatic N) is 1. The van der Waals surface area contributed by atoms with Crippen molar-refractivity contribution in [2.75, 3.05) is 0 Å². The van der Waals surface area contributed by atoms with Crippen molar-refractivity contribution in [2.45, 2.75) is 19.4 Å². The molecule has 0 saturated carbocycles. The molecule has 0 amide bonds. The lowest BCUT2D eigenvalue weighted by molar-refractivity contribution is -0.144. The summed E-state index contributed by atoms with van der Waals surface area (Å²) < 4.78 is 5.24. The summed E-state index contributed by atoms with van der Waals surface area (Å²) in [6, 6.07) is 18.8. The number of benzene rings is 2. The first-order valence-electron chi connectivity index (χ1n) is 7.96. The van der Waals surface area contributed by atoms with E-state index < -0.39 is 0 Å². The van der Waals surface area contributed by atoms with E-state index in [9.17, 15) is 9.59 Å². The van der Waals surface area contributed by atoms with E-state index in [-0.39, 0.29) is 31.2 Å². The van der Waals surface area contributed by atoms with Gasteiger partial charge in [-0.2, -0.15) is 0 Å². The number of carbonyl (C=O) groups excluding carboxylic acids is 2. The van der Waals surface area contributed by atoms with Crippen molar-refractivity contribution in [1.29, 1.82) is 0 Å². The molecule has 0 bridgehead atoms. The summed E-state index contributed by atoms with van der Waals surface area (Å²) in [5.41, 5.74) is 1.66. The van der Waals surface area contributed by atoms with Crippen LogP contribution in [0.3, 0.4) is 0 Å². The zero-order chi connectivity index (χ0) is 17.5. The van der Waals surface area contributed by atoms with E-state index in [0.717, 1.165) is 15.4 Å². The summed E-state index contributed by atoms with van der Waals surface area (Å²) in [6.07, 6.45) is 1.95. The fraction of sp³-hybridized carbons (Fsp3) is 0.150. The number of rotatable bonds is 7. The summed E-state index contributed by atoms with van der Waals surface area (Å²) in [6.45, 7) is 0.183. The number of carbonyl (C=O) groups is 2. The van der Waals surface area contributed by atoms with Crippen LogP contribution in [0.25, 0.3) is 10.6 Å². The fourth-order valence-corrected chi connectivity index (χ4v) is 3.13. The van der Waals surface area contributed by atoms with Gasteiger partial charge in [-0.25, -0.2) is 4.98 Å². The minimum atomic E-state index is -0.376. The molecule has 1 aromatic heterocycles. The minimum absolute atomic E-state index is 0.0540. The van der Waals surface area contributed by atoms with Gasteiger partial charge in [-0.15, -0.1) is 11.3 Å². The second kappa shape index (κ2) is 8.35. The van der Waals surface area contributed by atoms with Crippen LogP contribution in [0.1, 0.15) is 28.1 Å². The number of hydrogen-bond acceptors (Lipinski definition) is 5. The molecule has 0 aliphatic heterocycles. The second-order valence-corrected chi connectivity index (χ2v) is 6.56. The van der Waals surface area contributed by atoms with Gasteiger partial charge in [0.2, 0.25) is 0 Å². The maximum absolute atomic E-state index is 12.0. The average molecular weight is 351 g/mol. The van der Waals surface area contributed by atoms with E-state index in [2.05, 4.69) is 4.98 Å². The van der Waals surface area contributed by atoms with Gasteiger partial charge in [0, 0.05) is 23.7 Å². The molecule has 2 aromatic carbocycles. The summed E-state index contributed by atoms with van der Waals surface area (Å²) >= 11 is 1.49. The Kier molecular flexibility index (Phi) is 5.69. The molecule has 0 aliphatic rings. The molecule has 126 valence electrons. The average Bonchev–Trinajstić information content (AvgIpc) is 3.15. The van der Waals surface area contributed by atoms with E-state index in [0.29, 0.717) is 5.56 Å². The molecule has 3 rings (SSSR count). The molecule has 1 heterocycles. The Morgan fingerprint density at radius 2 is 1.60 bits per heavy atom. The van der Waals surface area contributed by atoms with Crippen molar-refractivity contribution in [3.63, 3.8) is 0 Å². The molecule has 5 heteroatoms. The van der Waals surface area contributed by atoms with Crippen LogP contribution in [0.15, 0.2) is 66.9 Å². The third kappa shape index (κ3) is 4.84. The summed E-state index contributed by atoms with van der Waals surface area (Å²) in [5.74, 6) is -0.430. The van der Waals surface area contributed by atoms with Gasteiger partial charge in [0.25, 0.3) is 0 Å². The van der Waals surface area contributed by atoms with Crippen LogP contribution >= 0.6 is 11.3 Å². The van der Waals surface area contributed by atoms with Gasteiger partial charge in [-0.1, -0.05) is 60.7 Å². The van der Waals surface area contributed by atoms with E-state index >= 15 is 0 Å².